The molecule has 1 unspecified atom stereocenters. The van der Waals surface area contributed by atoms with Gasteiger partial charge in [-0.25, -0.2) is 0 Å². The van der Waals surface area contributed by atoms with Crippen molar-refractivity contribution in [3.63, 3.8) is 0 Å². The smallest absolute Gasteiger partial charge is 0.125 e. The van der Waals surface area contributed by atoms with Gasteiger partial charge in [0, 0.05) is 26.2 Å². The molecule has 2 heterocycles. The summed E-state index contributed by atoms with van der Waals surface area (Å²) in [5.41, 5.74) is 0. The highest BCUT2D eigenvalue weighted by Crippen LogP contribution is 2.23. The summed E-state index contributed by atoms with van der Waals surface area (Å²) in [4.78, 5) is 5.06. The van der Waals surface area contributed by atoms with Crippen LogP contribution in [0.5, 0.6) is 0 Å². The molecular weight excluding hydrogens is 190 g/mol. The third-order valence-corrected chi connectivity index (χ3v) is 3.82. The van der Waals surface area contributed by atoms with Gasteiger partial charge in [0.2, 0.25) is 0 Å². The molecule has 0 aromatic carbocycles. The highest BCUT2D eigenvalue weighted by molar-refractivity contribution is 4.87. The van der Waals surface area contributed by atoms with Crippen LogP contribution in [0.4, 0.5) is 0 Å². The molecule has 2 fully saturated rings. The Hall–Kier alpha value is -0.160. The summed E-state index contributed by atoms with van der Waals surface area (Å²) in [7, 11) is 2.06. The standard InChI is InChI=1S/C11H23N3O/c1-11(12-2,13-5-3-4-6-13)14-7-9-15-10-8-14/h12H,3-10H2,1-2H3. The Morgan fingerprint density at radius 2 is 1.53 bits per heavy atom. The molecule has 4 nitrogen and oxygen atoms in total. The van der Waals surface area contributed by atoms with Gasteiger partial charge < -0.3 is 4.74 Å². The molecule has 0 radical (unpaired) electrons. The minimum atomic E-state index is 0.0281. The molecule has 0 aromatic rings. The van der Waals surface area contributed by atoms with Gasteiger partial charge in [0.15, 0.2) is 0 Å². The zero-order chi connectivity index (χ0) is 10.7. The van der Waals surface area contributed by atoms with E-state index in [-0.39, 0.29) is 5.79 Å². The van der Waals surface area contributed by atoms with E-state index in [0.717, 1.165) is 26.3 Å². The topological polar surface area (TPSA) is 27.7 Å². The van der Waals surface area contributed by atoms with Crippen molar-refractivity contribution >= 4 is 0 Å². The van der Waals surface area contributed by atoms with Crippen LogP contribution in [-0.4, -0.2) is 62.0 Å². The van der Waals surface area contributed by atoms with Gasteiger partial charge in [-0.1, -0.05) is 0 Å². The highest BCUT2D eigenvalue weighted by atomic mass is 16.5. The molecular formula is C11H23N3O. The van der Waals surface area contributed by atoms with Crippen LogP contribution in [-0.2, 0) is 4.74 Å². The minimum Gasteiger partial charge on any atom is -0.379 e. The number of nitrogens with one attached hydrogen (secondary N) is 1. The van der Waals surface area contributed by atoms with Gasteiger partial charge in [0.05, 0.1) is 13.2 Å². The molecule has 0 aromatic heterocycles. The van der Waals surface area contributed by atoms with Gasteiger partial charge in [-0.05, 0) is 26.8 Å². The molecule has 2 saturated heterocycles. The zero-order valence-electron chi connectivity index (χ0n) is 9.96. The molecule has 2 rings (SSSR count). The van der Waals surface area contributed by atoms with E-state index in [1.807, 2.05) is 0 Å². The average Bonchev–Trinajstić information content (AvgIpc) is 2.83. The second-order valence-corrected chi connectivity index (χ2v) is 4.56. The summed E-state index contributed by atoms with van der Waals surface area (Å²) >= 11 is 0. The van der Waals surface area contributed by atoms with E-state index in [0.29, 0.717) is 0 Å². The summed E-state index contributed by atoms with van der Waals surface area (Å²) in [5, 5.41) is 3.49. The van der Waals surface area contributed by atoms with Gasteiger partial charge in [-0.3, -0.25) is 15.1 Å². The van der Waals surface area contributed by atoms with Crippen LogP contribution >= 0.6 is 0 Å². The van der Waals surface area contributed by atoms with E-state index < -0.39 is 0 Å². The highest BCUT2D eigenvalue weighted by Gasteiger charge is 2.38. The fourth-order valence-corrected chi connectivity index (χ4v) is 2.67. The zero-order valence-corrected chi connectivity index (χ0v) is 9.96. The molecule has 0 amide bonds. The van der Waals surface area contributed by atoms with Crippen molar-refractivity contribution in [1.82, 2.24) is 15.1 Å². The maximum Gasteiger partial charge on any atom is 0.125 e. The van der Waals surface area contributed by atoms with Gasteiger partial charge in [-0.2, -0.15) is 0 Å². The van der Waals surface area contributed by atoms with Gasteiger partial charge in [-0.15, -0.1) is 0 Å². The lowest BCUT2D eigenvalue weighted by atomic mass is 10.2. The lowest BCUT2D eigenvalue weighted by molar-refractivity contribution is -0.0990. The van der Waals surface area contributed by atoms with Crippen LogP contribution in [0.15, 0.2) is 0 Å². The molecule has 0 spiro atoms. The predicted octanol–water partition coefficient (Wildman–Crippen LogP) is 0.308. The molecule has 2 aliphatic rings. The van der Waals surface area contributed by atoms with E-state index >= 15 is 0 Å². The van der Waals surface area contributed by atoms with Gasteiger partial charge in [0.1, 0.15) is 5.79 Å². The van der Waals surface area contributed by atoms with E-state index in [2.05, 4.69) is 29.1 Å². The fraction of sp³-hybridized carbons (Fsp3) is 1.00. The number of nitrogens with zero attached hydrogens (tertiary/aromatic N) is 2. The lowest BCUT2D eigenvalue weighted by Gasteiger charge is -2.48. The van der Waals surface area contributed by atoms with Crippen LogP contribution in [0.1, 0.15) is 19.8 Å². The number of likely N-dealkylation sites (tertiary alicyclic amines) is 1. The molecule has 4 heteroatoms. The molecule has 0 bridgehead atoms. The predicted molar refractivity (Wildman–Crippen MR) is 60.7 cm³/mol. The first-order chi connectivity index (χ1) is 7.27. The third-order valence-electron chi connectivity index (χ3n) is 3.82. The first kappa shape index (κ1) is 11.3. The van der Waals surface area contributed by atoms with Crippen molar-refractivity contribution in [3.05, 3.63) is 0 Å². The van der Waals surface area contributed by atoms with E-state index in [1.165, 1.54) is 25.9 Å². The lowest BCUT2D eigenvalue weighted by Crippen LogP contribution is -2.67. The Balaban J connectivity index is 2.04. The summed E-state index contributed by atoms with van der Waals surface area (Å²) < 4.78 is 5.41. The van der Waals surface area contributed by atoms with Crippen LogP contribution in [0, 0.1) is 0 Å². The number of morpholine rings is 1. The summed E-state index contributed by atoms with van der Waals surface area (Å²) in [6.45, 7) is 8.53. The molecule has 1 N–H and O–H groups in total. The maximum absolute atomic E-state index is 5.41. The second kappa shape index (κ2) is 4.78. The van der Waals surface area contributed by atoms with Crippen molar-refractivity contribution in [2.24, 2.45) is 0 Å². The Morgan fingerprint density at radius 3 is 2.07 bits per heavy atom. The third kappa shape index (κ3) is 2.18. The monoisotopic (exact) mass is 213 g/mol. The number of ether oxygens (including phenoxy) is 1. The van der Waals surface area contributed by atoms with E-state index in [1.54, 1.807) is 0 Å². The maximum atomic E-state index is 5.41. The van der Waals surface area contributed by atoms with Crippen molar-refractivity contribution in [2.45, 2.75) is 25.6 Å². The first-order valence-corrected chi connectivity index (χ1v) is 6.04. The van der Waals surface area contributed by atoms with Crippen LogP contribution in [0.25, 0.3) is 0 Å². The van der Waals surface area contributed by atoms with Gasteiger partial charge >= 0.3 is 0 Å². The number of hydrogen-bond acceptors (Lipinski definition) is 4. The quantitative estimate of drug-likeness (QED) is 0.730. The fourth-order valence-electron chi connectivity index (χ4n) is 2.67. The second-order valence-electron chi connectivity index (χ2n) is 4.56. The number of rotatable bonds is 3. The largest absolute Gasteiger partial charge is 0.379 e. The molecule has 2 aliphatic heterocycles. The van der Waals surface area contributed by atoms with Crippen molar-refractivity contribution in [2.75, 3.05) is 46.4 Å². The Kier molecular flexibility index (Phi) is 3.61. The van der Waals surface area contributed by atoms with Crippen LogP contribution < -0.4 is 5.32 Å². The Morgan fingerprint density at radius 1 is 1.00 bits per heavy atom. The summed E-state index contributed by atoms with van der Waals surface area (Å²) in [5.74, 6) is 0.0281. The Bertz CT molecular complexity index is 200. The molecule has 0 aliphatic carbocycles. The molecule has 1 atom stereocenters. The summed E-state index contributed by atoms with van der Waals surface area (Å²) in [6, 6.07) is 0. The molecule has 88 valence electrons. The van der Waals surface area contributed by atoms with Crippen molar-refractivity contribution < 1.29 is 4.74 Å². The van der Waals surface area contributed by atoms with Crippen molar-refractivity contribution in [3.8, 4) is 0 Å². The van der Waals surface area contributed by atoms with E-state index in [4.69, 9.17) is 4.74 Å². The summed E-state index contributed by atoms with van der Waals surface area (Å²) in [6.07, 6.45) is 2.67. The Labute approximate surface area is 92.6 Å². The minimum absolute atomic E-state index is 0.0281. The van der Waals surface area contributed by atoms with E-state index in [9.17, 15) is 0 Å². The molecule has 15 heavy (non-hydrogen) atoms. The van der Waals surface area contributed by atoms with Gasteiger partial charge in [0.25, 0.3) is 0 Å². The molecule has 0 saturated carbocycles. The average molecular weight is 213 g/mol. The SMILES string of the molecule is CNC(C)(N1CCCC1)N1CCOCC1. The first-order valence-electron chi connectivity index (χ1n) is 6.04. The van der Waals surface area contributed by atoms with Crippen molar-refractivity contribution in [1.29, 1.82) is 0 Å². The number of hydrogen-bond donors (Lipinski definition) is 1. The van der Waals surface area contributed by atoms with Crippen LogP contribution in [0.3, 0.4) is 0 Å². The van der Waals surface area contributed by atoms with Crippen LogP contribution in [0.2, 0.25) is 0 Å². The normalized spacial score (nSPS) is 29.2.